The molecule has 0 saturated carbocycles. The molecular weight excluding hydrogens is 321 g/mol. The molecule has 2 aromatic carbocycles. The second-order valence-corrected chi connectivity index (χ2v) is 6.04. The highest BCUT2D eigenvalue weighted by atomic mass is 19.1. The molecule has 5 heteroatoms. The van der Waals surface area contributed by atoms with Gasteiger partial charge >= 0.3 is 6.09 Å². The average Bonchev–Trinajstić information content (AvgIpc) is 2.65. The van der Waals surface area contributed by atoms with Gasteiger partial charge in [0.15, 0.2) is 11.6 Å². The SMILES string of the molecule is CCOC(=O)N1CC[C@H](Oc2ccccc2F)[C@H](c2ccccc2)C1. The van der Waals surface area contributed by atoms with Crippen LogP contribution in [0.3, 0.4) is 0 Å². The van der Waals surface area contributed by atoms with Gasteiger partial charge in [0.25, 0.3) is 0 Å². The number of benzene rings is 2. The van der Waals surface area contributed by atoms with Crippen LogP contribution in [0.15, 0.2) is 54.6 Å². The van der Waals surface area contributed by atoms with Crippen molar-refractivity contribution in [1.82, 2.24) is 4.90 Å². The minimum absolute atomic E-state index is 0.0426. The number of para-hydroxylation sites is 1. The van der Waals surface area contributed by atoms with Gasteiger partial charge in [0.1, 0.15) is 6.10 Å². The molecule has 1 aliphatic heterocycles. The predicted octanol–water partition coefficient (Wildman–Crippen LogP) is 4.22. The van der Waals surface area contributed by atoms with Gasteiger partial charge < -0.3 is 14.4 Å². The van der Waals surface area contributed by atoms with E-state index in [1.807, 2.05) is 30.3 Å². The van der Waals surface area contributed by atoms with Crippen molar-refractivity contribution in [3.8, 4) is 5.75 Å². The molecule has 0 unspecified atom stereocenters. The van der Waals surface area contributed by atoms with Gasteiger partial charge in [0, 0.05) is 25.4 Å². The second kappa shape index (κ2) is 8.01. The van der Waals surface area contributed by atoms with E-state index in [2.05, 4.69) is 0 Å². The van der Waals surface area contributed by atoms with Crippen LogP contribution in [0, 0.1) is 5.82 Å². The third-order valence-electron chi connectivity index (χ3n) is 4.42. The Labute approximate surface area is 147 Å². The second-order valence-electron chi connectivity index (χ2n) is 6.04. The Morgan fingerprint density at radius 2 is 1.88 bits per heavy atom. The van der Waals surface area contributed by atoms with Crippen molar-refractivity contribution in [2.24, 2.45) is 0 Å². The number of hydrogen-bond acceptors (Lipinski definition) is 3. The lowest BCUT2D eigenvalue weighted by atomic mass is 9.88. The zero-order chi connectivity index (χ0) is 17.6. The van der Waals surface area contributed by atoms with Gasteiger partial charge in [-0.05, 0) is 24.6 Å². The first-order chi connectivity index (χ1) is 12.2. The van der Waals surface area contributed by atoms with Crippen LogP contribution < -0.4 is 4.74 Å². The van der Waals surface area contributed by atoms with Crippen molar-refractivity contribution >= 4 is 6.09 Å². The summed E-state index contributed by atoms with van der Waals surface area (Å²) >= 11 is 0. The maximum Gasteiger partial charge on any atom is 0.409 e. The van der Waals surface area contributed by atoms with Gasteiger partial charge in [-0.15, -0.1) is 0 Å². The van der Waals surface area contributed by atoms with Crippen molar-refractivity contribution < 1.29 is 18.7 Å². The molecule has 0 N–H and O–H groups in total. The molecule has 0 aromatic heterocycles. The molecule has 25 heavy (non-hydrogen) atoms. The number of halogens is 1. The topological polar surface area (TPSA) is 38.8 Å². The number of piperidine rings is 1. The normalized spacial score (nSPS) is 20.2. The van der Waals surface area contributed by atoms with Gasteiger partial charge in [0.05, 0.1) is 6.61 Å². The number of carbonyl (C=O) groups excluding carboxylic acids is 1. The summed E-state index contributed by atoms with van der Waals surface area (Å²) in [5.74, 6) is -0.167. The monoisotopic (exact) mass is 343 g/mol. The highest BCUT2D eigenvalue weighted by Gasteiger charge is 2.34. The molecule has 2 aromatic rings. The van der Waals surface area contributed by atoms with E-state index in [9.17, 15) is 9.18 Å². The minimum Gasteiger partial charge on any atom is -0.487 e. The van der Waals surface area contributed by atoms with Gasteiger partial charge in [-0.1, -0.05) is 42.5 Å². The highest BCUT2D eigenvalue weighted by molar-refractivity contribution is 5.67. The van der Waals surface area contributed by atoms with E-state index in [-0.39, 0.29) is 29.7 Å². The summed E-state index contributed by atoms with van der Waals surface area (Å²) in [6, 6.07) is 16.3. The molecule has 1 amide bonds. The van der Waals surface area contributed by atoms with E-state index >= 15 is 0 Å². The van der Waals surface area contributed by atoms with Crippen LogP contribution in [-0.2, 0) is 4.74 Å². The Morgan fingerprint density at radius 3 is 2.60 bits per heavy atom. The van der Waals surface area contributed by atoms with Gasteiger partial charge in [0.2, 0.25) is 0 Å². The lowest BCUT2D eigenvalue weighted by Crippen LogP contribution is -2.47. The van der Waals surface area contributed by atoms with Gasteiger partial charge in [-0.25, -0.2) is 9.18 Å². The first-order valence-electron chi connectivity index (χ1n) is 8.57. The third kappa shape index (κ3) is 4.10. The summed E-state index contributed by atoms with van der Waals surface area (Å²) in [4.78, 5) is 13.8. The van der Waals surface area contributed by atoms with Crippen molar-refractivity contribution in [3.05, 3.63) is 66.0 Å². The zero-order valence-electron chi connectivity index (χ0n) is 14.2. The molecule has 2 atom stereocenters. The van der Waals surface area contributed by atoms with Crippen LogP contribution in [0.2, 0.25) is 0 Å². The summed E-state index contributed by atoms with van der Waals surface area (Å²) < 4.78 is 25.1. The lowest BCUT2D eigenvalue weighted by molar-refractivity contribution is 0.0558. The Kier molecular flexibility index (Phi) is 5.53. The largest absolute Gasteiger partial charge is 0.487 e. The number of ether oxygens (including phenoxy) is 2. The minimum atomic E-state index is -0.373. The maximum atomic E-state index is 14.0. The van der Waals surface area contributed by atoms with Crippen LogP contribution in [0.4, 0.5) is 9.18 Å². The highest BCUT2D eigenvalue weighted by Crippen LogP contribution is 2.32. The van der Waals surface area contributed by atoms with Crippen molar-refractivity contribution in [3.63, 3.8) is 0 Å². The summed E-state index contributed by atoms with van der Waals surface area (Å²) in [6.07, 6.45) is 0.102. The Balaban J connectivity index is 1.81. The molecule has 0 spiro atoms. The molecule has 3 rings (SSSR count). The maximum absolute atomic E-state index is 14.0. The van der Waals surface area contributed by atoms with E-state index in [0.717, 1.165) is 5.56 Å². The summed E-state index contributed by atoms with van der Waals surface area (Å²) in [7, 11) is 0. The zero-order valence-corrected chi connectivity index (χ0v) is 14.2. The number of rotatable bonds is 4. The Morgan fingerprint density at radius 1 is 1.16 bits per heavy atom. The Hall–Kier alpha value is -2.56. The quantitative estimate of drug-likeness (QED) is 0.834. The molecule has 1 aliphatic rings. The standard InChI is InChI=1S/C20H22FNO3/c1-2-24-20(23)22-13-12-18(25-19-11-7-6-10-17(19)21)16(14-22)15-8-4-3-5-9-15/h3-11,16,18H,2,12-14H2,1H3/t16-,18-/m0/s1. The van der Waals surface area contributed by atoms with Crippen molar-refractivity contribution in [1.29, 1.82) is 0 Å². The molecule has 1 saturated heterocycles. The molecule has 4 nitrogen and oxygen atoms in total. The van der Waals surface area contributed by atoms with Gasteiger partial charge in [-0.3, -0.25) is 0 Å². The average molecular weight is 343 g/mol. The molecule has 1 heterocycles. The fourth-order valence-electron chi connectivity index (χ4n) is 3.18. The van der Waals surface area contributed by atoms with E-state index in [1.165, 1.54) is 6.07 Å². The van der Waals surface area contributed by atoms with E-state index in [1.54, 1.807) is 30.0 Å². The number of nitrogens with zero attached hydrogens (tertiary/aromatic N) is 1. The molecule has 0 bridgehead atoms. The molecule has 0 aliphatic carbocycles. The van der Waals surface area contributed by atoms with Crippen LogP contribution in [0.1, 0.15) is 24.8 Å². The molecular formula is C20H22FNO3. The van der Waals surface area contributed by atoms with E-state index in [0.29, 0.717) is 26.1 Å². The summed E-state index contributed by atoms with van der Waals surface area (Å²) in [5, 5.41) is 0. The summed E-state index contributed by atoms with van der Waals surface area (Å²) in [5.41, 5.74) is 1.07. The Bertz CT molecular complexity index is 707. The predicted molar refractivity (Wildman–Crippen MR) is 93.2 cm³/mol. The van der Waals surface area contributed by atoms with Crippen LogP contribution >= 0.6 is 0 Å². The van der Waals surface area contributed by atoms with Crippen molar-refractivity contribution in [2.45, 2.75) is 25.4 Å². The first kappa shape index (κ1) is 17.3. The van der Waals surface area contributed by atoms with Crippen LogP contribution in [0.25, 0.3) is 0 Å². The van der Waals surface area contributed by atoms with Crippen LogP contribution in [0.5, 0.6) is 5.75 Å². The van der Waals surface area contributed by atoms with E-state index in [4.69, 9.17) is 9.47 Å². The van der Waals surface area contributed by atoms with Crippen LogP contribution in [-0.4, -0.2) is 36.8 Å². The number of carbonyl (C=O) groups is 1. The molecule has 1 fully saturated rings. The third-order valence-corrected chi connectivity index (χ3v) is 4.42. The number of amides is 1. The summed E-state index contributed by atoms with van der Waals surface area (Å²) in [6.45, 7) is 3.16. The van der Waals surface area contributed by atoms with Gasteiger partial charge in [-0.2, -0.15) is 0 Å². The molecule has 0 radical (unpaired) electrons. The fourth-order valence-corrected chi connectivity index (χ4v) is 3.18. The van der Waals surface area contributed by atoms with Crippen molar-refractivity contribution in [2.75, 3.05) is 19.7 Å². The lowest BCUT2D eigenvalue weighted by Gasteiger charge is -2.38. The number of likely N-dealkylation sites (tertiary alicyclic amines) is 1. The van der Waals surface area contributed by atoms with E-state index < -0.39 is 0 Å². The smallest absolute Gasteiger partial charge is 0.409 e. The fraction of sp³-hybridized carbons (Fsp3) is 0.350. The number of hydrogen-bond donors (Lipinski definition) is 0. The molecule has 132 valence electrons. The first-order valence-corrected chi connectivity index (χ1v) is 8.57.